The number of piperidine rings is 1. The number of tetrazole rings is 1. The predicted octanol–water partition coefficient (Wildman–Crippen LogP) is 5.50. The van der Waals surface area contributed by atoms with E-state index in [1.807, 2.05) is 12.3 Å². The van der Waals surface area contributed by atoms with Crippen LogP contribution in [0.5, 0.6) is 0 Å². The third kappa shape index (κ3) is 3.94. The third-order valence-electron chi connectivity index (χ3n) is 8.09. The molecular weight excluding hydrogens is 396 g/mol. The lowest BCUT2D eigenvalue weighted by Gasteiger charge is -2.47. The molecule has 2 fully saturated rings. The van der Waals surface area contributed by atoms with Crippen molar-refractivity contribution in [2.75, 3.05) is 13.1 Å². The zero-order valence-corrected chi connectivity index (χ0v) is 19.8. The topological polar surface area (TPSA) is 59.7 Å². The number of hydrogen-bond donors (Lipinski definition) is 0. The van der Waals surface area contributed by atoms with Gasteiger partial charge in [0.25, 0.3) is 0 Å². The minimum absolute atomic E-state index is 0.0551. The van der Waals surface area contributed by atoms with Crippen molar-refractivity contribution in [3.63, 3.8) is 0 Å². The molecule has 32 heavy (non-hydrogen) atoms. The van der Waals surface area contributed by atoms with Crippen molar-refractivity contribution in [3.8, 4) is 0 Å². The zero-order chi connectivity index (χ0) is 22.2. The zero-order valence-electron chi connectivity index (χ0n) is 19.8. The molecule has 6 nitrogen and oxygen atoms in total. The summed E-state index contributed by atoms with van der Waals surface area (Å²) >= 11 is 0. The van der Waals surface area contributed by atoms with Crippen LogP contribution in [0, 0.1) is 5.41 Å². The molecule has 170 valence electrons. The fourth-order valence-corrected chi connectivity index (χ4v) is 5.91. The lowest BCUT2D eigenvalue weighted by Crippen LogP contribution is -2.47. The number of aromatic nitrogens is 5. The summed E-state index contributed by atoms with van der Waals surface area (Å²) in [4.78, 5) is 7.22. The summed E-state index contributed by atoms with van der Waals surface area (Å²) in [6.07, 6.45) is 12.3. The first-order valence-corrected chi connectivity index (χ1v) is 12.4. The first-order chi connectivity index (χ1) is 15.5. The molecule has 5 rings (SSSR count). The van der Waals surface area contributed by atoms with Gasteiger partial charge in [-0.25, -0.2) is 4.68 Å². The van der Waals surface area contributed by atoms with Crippen LogP contribution < -0.4 is 0 Å². The van der Waals surface area contributed by atoms with Crippen LogP contribution in [0.15, 0.2) is 36.5 Å². The van der Waals surface area contributed by atoms with E-state index in [0.29, 0.717) is 5.41 Å². The molecule has 0 bridgehead atoms. The molecule has 1 unspecified atom stereocenters. The highest BCUT2D eigenvalue weighted by molar-refractivity contribution is 5.79. The Bertz CT molecular complexity index is 1060. The molecule has 2 aromatic heterocycles. The highest BCUT2D eigenvalue weighted by Gasteiger charge is 2.41. The van der Waals surface area contributed by atoms with Gasteiger partial charge in [0.15, 0.2) is 5.82 Å². The normalized spacial score (nSPS) is 20.6. The van der Waals surface area contributed by atoms with E-state index in [9.17, 15) is 0 Å². The van der Waals surface area contributed by atoms with Crippen LogP contribution in [-0.4, -0.2) is 43.2 Å². The summed E-state index contributed by atoms with van der Waals surface area (Å²) in [5.74, 6) is 0.966. The first-order valence-electron chi connectivity index (χ1n) is 12.4. The van der Waals surface area contributed by atoms with Crippen LogP contribution in [0.3, 0.4) is 0 Å². The van der Waals surface area contributed by atoms with Gasteiger partial charge in [-0.3, -0.25) is 9.88 Å². The van der Waals surface area contributed by atoms with E-state index in [4.69, 9.17) is 0 Å². The van der Waals surface area contributed by atoms with Gasteiger partial charge < -0.3 is 0 Å². The summed E-state index contributed by atoms with van der Waals surface area (Å²) in [5, 5.41) is 14.5. The maximum Gasteiger partial charge on any atom is 0.173 e. The second-order valence-corrected chi connectivity index (χ2v) is 10.6. The molecule has 1 saturated heterocycles. The van der Waals surface area contributed by atoms with Crippen molar-refractivity contribution in [2.45, 2.75) is 83.7 Å². The van der Waals surface area contributed by atoms with Crippen molar-refractivity contribution < 1.29 is 0 Å². The van der Waals surface area contributed by atoms with Crippen LogP contribution >= 0.6 is 0 Å². The molecule has 1 aliphatic heterocycles. The molecule has 1 aromatic carbocycles. The van der Waals surface area contributed by atoms with Gasteiger partial charge >= 0.3 is 0 Å². The molecule has 0 radical (unpaired) electrons. The van der Waals surface area contributed by atoms with E-state index in [0.717, 1.165) is 30.9 Å². The molecule has 1 saturated carbocycles. The molecule has 1 spiro atoms. The fraction of sp³-hybridized carbons (Fsp3) is 0.615. The van der Waals surface area contributed by atoms with E-state index in [2.05, 4.69) is 75.1 Å². The van der Waals surface area contributed by atoms with Gasteiger partial charge in [0, 0.05) is 18.1 Å². The summed E-state index contributed by atoms with van der Waals surface area (Å²) in [6.45, 7) is 8.90. The maximum absolute atomic E-state index is 4.64. The number of rotatable bonds is 5. The third-order valence-corrected chi connectivity index (χ3v) is 8.09. The van der Waals surface area contributed by atoms with Gasteiger partial charge in [0.2, 0.25) is 0 Å². The lowest BCUT2D eigenvalue weighted by atomic mass is 9.69. The Hall–Kier alpha value is -2.34. The Morgan fingerprint density at radius 3 is 2.69 bits per heavy atom. The largest absolute Gasteiger partial charge is 0.289 e. The standard InChI is InChI=1S/C26H36N6/c1-4-25(2,3)32-24(28-29-30-32)23(21-11-12-22-20(18-21)10-8-16-27-22)31-17-9-15-26(19-31)13-6-5-7-14-26/h8,10-12,16,18,23H,4-7,9,13-15,17,19H2,1-3H3. The van der Waals surface area contributed by atoms with E-state index >= 15 is 0 Å². The van der Waals surface area contributed by atoms with Gasteiger partial charge in [0.05, 0.1) is 17.1 Å². The smallest absolute Gasteiger partial charge is 0.173 e. The number of fused-ring (bicyclic) bond motifs is 1. The summed E-state index contributed by atoms with van der Waals surface area (Å²) < 4.78 is 2.08. The number of hydrogen-bond acceptors (Lipinski definition) is 5. The Balaban J connectivity index is 1.60. The molecule has 2 aliphatic rings. The summed E-state index contributed by atoms with van der Waals surface area (Å²) in [7, 11) is 0. The van der Waals surface area contributed by atoms with Crippen LogP contribution in [0.25, 0.3) is 10.9 Å². The van der Waals surface area contributed by atoms with Gasteiger partial charge in [-0.05, 0) is 92.1 Å². The second-order valence-electron chi connectivity index (χ2n) is 10.6. The van der Waals surface area contributed by atoms with Crippen molar-refractivity contribution in [1.82, 2.24) is 30.1 Å². The number of likely N-dealkylation sites (tertiary alicyclic amines) is 1. The Morgan fingerprint density at radius 1 is 1.06 bits per heavy atom. The molecular formula is C26H36N6. The molecule has 0 amide bonds. The Morgan fingerprint density at radius 2 is 1.88 bits per heavy atom. The summed E-state index contributed by atoms with van der Waals surface area (Å²) in [5.41, 5.74) is 2.63. The van der Waals surface area contributed by atoms with Gasteiger partial charge in [-0.15, -0.1) is 5.10 Å². The van der Waals surface area contributed by atoms with Crippen molar-refractivity contribution in [1.29, 1.82) is 0 Å². The SMILES string of the molecule is CCC(C)(C)n1nnnc1C(c1ccc2ncccc2c1)N1CCCC2(CCCCC2)C1. The molecule has 3 aromatic rings. The van der Waals surface area contributed by atoms with Crippen molar-refractivity contribution in [3.05, 3.63) is 47.9 Å². The number of nitrogens with zero attached hydrogens (tertiary/aromatic N) is 6. The van der Waals surface area contributed by atoms with E-state index in [1.165, 1.54) is 55.9 Å². The Kier molecular flexibility index (Phi) is 5.74. The summed E-state index contributed by atoms with van der Waals surface area (Å²) in [6, 6.07) is 10.9. The molecule has 1 aliphatic carbocycles. The van der Waals surface area contributed by atoms with Crippen molar-refractivity contribution in [2.24, 2.45) is 5.41 Å². The van der Waals surface area contributed by atoms with Crippen LogP contribution in [0.4, 0.5) is 0 Å². The highest BCUT2D eigenvalue weighted by atomic mass is 15.6. The van der Waals surface area contributed by atoms with Gasteiger partial charge in [-0.1, -0.05) is 38.3 Å². The molecule has 3 heterocycles. The minimum Gasteiger partial charge on any atom is -0.289 e. The predicted molar refractivity (Wildman–Crippen MR) is 127 cm³/mol. The van der Waals surface area contributed by atoms with Crippen molar-refractivity contribution >= 4 is 10.9 Å². The highest BCUT2D eigenvalue weighted by Crippen LogP contribution is 2.46. The van der Waals surface area contributed by atoms with Crippen LogP contribution in [0.2, 0.25) is 0 Å². The molecule has 1 atom stereocenters. The molecule has 6 heteroatoms. The van der Waals surface area contributed by atoms with Gasteiger partial charge in [0.1, 0.15) is 0 Å². The lowest BCUT2D eigenvalue weighted by molar-refractivity contribution is 0.0329. The Labute approximate surface area is 191 Å². The van der Waals surface area contributed by atoms with Crippen LogP contribution in [-0.2, 0) is 5.54 Å². The first kappa shape index (κ1) is 21.5. The second kappa shape index (κ2) is 8.54. The number of pyridine rings is 1. The maximum atomic E-state index is 4.64. The molecule has 0 N–H and O–H groups in total. The number of benzene rings is 1. The monoisotopic (exact) mass is 432 g/mol. The van der Waals surface area contributed by atoms with E-state index < -0.39 is 0 Å². The van der Waals surface area contributed by atoms with Gasteiger partial charge in [-0.2, -0.15) is 0 Å². The quantitative estimate of drug-likeness (QED) is 0.533. The van der Waals surface area contributed by atoms with E-state index in [1.54, 1.807) is 0 Å². The minimum atomic E-state index is -0.131. The van der Waals surface area contributed by atoms with Crippen LogP contribution in [0.1, 0.15) is 89.6 Å². The van der Waals surface area contributed by atoms with E-state index in [-0.39, 0.29) is 11.6 Å². The fourth-order valence-electron chi connectivity index (χ4n) is 5.91. The average molecular weight is 433 g/mol. The average Bonchev–Trinajstić information content (AvgIpc) is 3.30.